The molecule has 8 heteroatoms. The normalized spacial score (nSPS) is 23.4. The van der Waals surface area contributed by atoms with Gasteiger partial charge in [0.15, 0.2) is 0 Å². The molecule has 1 N–H and O–H groups in total. The summed E-state index contributed by atoms with van der Waals surface area (Å²) in [7, 11) is 0. The molecule has 1 aromatic carbocycles. The minimum absolute atomic E-state index is 0.171. The fraction of sp³-hybridized carbons (Fsp3) is 0.500. The second kappa shape index (κ2) is 6.92. The Balaban J connectivity index is 1.29. The van der Waals surface area contributed by atoms with Crippen LogP contribution in [0.2, 0.25) is 0 Å². The predicted octanol–water partition coefficient (Wildman–Crippen LogP) is 1.85. The third kappa shape index (κ3) is 3.02. The molecule has 3 amide bonds. The zero-order chi connectivity index (χ0) is 19.1. The second-order valence-corrected chi connectivity index (χ2v) is 7.98. The number of hydrogen-bond acceptors (Lipinski definition) is 4. The molecule has 2 aromatic rings. The highest BCUT2D eigenvalue weighted by atomic mass is 16.2. The largest absolute Gasteiger partial charge is 0.325 e. The maximum absolute atomic E-state index is 12.7. The van der Waals surface area contributed by atoms with Gasteiger partial charge in [-0.25, -0.2) is 4.79 Å². The van der Waals surface area contributed by atoms with E-state index in [1.165, 1.54) is 0 Å². The van der Waals surface area contributed by atoms with Crippen LogP contribution in [0, 0.1) is 11.8 Å². The van der Waals surface area contributed by atoms with Crippen LogP contribution in [0.5, 0.6) is 0 Å². The first-order chi connectivity index (χ1) is 13.7. The molecule has 0 aliphatic carbocycles. The Morgan fingerprint density at radius 3 is 2.46 bits per heavy atom. The molecular formula is C20H24N6O2. The molecule has 3 aliphatic heterocycles. The number of benzene rings is 1. The monoisotopic (exact) mass is 380 g/mol. The number of nitrogens with zero attached hydrogens (tertiary/aromatic N) is 5. The summed E-state index contributed by atoms with van der Waals surface area (Å²) in [5.41, 5.74) is 0.738. The number of amides is 3. The first-order valence-electron chi connectivity index (χ1n) is 10.0. The Bertz CT molecular complexity index is 889. The van der Waals surface area contributed by atoms with Gasteiger partial charge < -0.3 is 19.7 Å². The Labute approximate surface area is 163 Å². The number of carbonyl (C=O) groups excluding carboxylic acids is 2. The van der Waals surface area contributed by atoms with Crippen LogP contribution in [0.25, 0.3) is 0 Å². The van der Waals surface area contributed by atoms with E-state index in [1.54, 1.807) is 0 Å². The summed E-state index contributed by atoms with van der Waals surface area (Å²) < 4.78 is 1.93. The highest BCUT2D eigenvalue weighted by Crippen LogP contribution is 2.33. The van der Waals surface area contributed by atoms with Crippen molar-refractivity contribution in [3.8, 4) is 0 Å². The Hall–Kier alpha value is -2.90. The molecule has 2 atom stereocenters. The number of carbonyl (C=O) groups is 2. The molecule has 0 unspecified atom stereocenters. The van der Waals surface area contributed by atoms with Gasteiger partial charge in [0.25, 0.3) is 5.91 Å². The van der Waals surface area contributed by atoms with Crippen molar-refractivity contribution < 1.29 is 9.59 Å². The van der Waals surface area contributed by atoms with Crippen LogP contribution in [0.3, 0.4) is 0 Å². The van der Waals surface area contributed by atoms with Gasteiger partial charge in [-0.2, -0.15) is 0 Å². The summed E-state index contributed by atoms with van der Waals surface area (Å²) in [5, 5.41) is 11.3. The van der Waals surface area contributed by atoms with Crippen molar-refractivity contribution in [2.24, 2.45) is 11.8 Å². The molecule has 0 bridgehead atoms. The third-order valence-corrected chi connectivity index (χ3v) is 6.15. The number of para-hydroxylation sites is 1. The molecule has 146 valence electrons. The molecule has 2 saturated heterocycles. The van der Waals surface area contributed by atoms with Gasteiger partial charge in [0.1, 0.15) is 5.82 Å². The lowest BCUT2D eigenvalue weighted by molar-refractivity contribution is 0.100. The van der Waals surface area contributed by atoms with Crippen molar-refractivity contribution in [2.75, 3.05) is 31.5 Å². The zero-order valence-corrected chi connectivity index (χ0v) is 15.8. The summed E-state index contributed by atoms with van der Waals surface area (Å²) in [6, 6.07) is 9.53. The average Bonchev–Trinajstić information content (AvgIpc) is 3.45. The highest BCUT2D eigenvalue weighted by Gasteiger charge is 2.41. The smallest absolute Gasteiger partial charge is 0.320 e. The molecule has 3 aliphatic rings. The number of nitrogens with one attached hydrogen (secondary N) is 1. The Morgan fingerprint density at radius 1 is 0.929 bits per heavy atom. The number of hydrogen-bond donors (Lipinski definition) is 1. The van der Waals surface area contributed by atoms with E-state index in [0.717, 1.165) is 57.0 Å². The van der Waals surface area contributed by atoms with Crippen molar-refractivity contribution in [2.45, 2.75) is 25.8 Å². The minimum Gasteiger partial charge on any atom is -0.325 e. The van der Waals surface area contributed by atoms with E-state index in [9.17, 15) is 9.59 Å². The number of urea groups is 1. The number of anilines is 1. The van der Waals surface area contributed by atoms with Gasteiger partial charge in [-0.1, -0.05) is 18.2 Å². The lowest BCUT2D eigenvalue weighted by atomic mass is 9.89. The Morgan fingerprint density at radius 2 is 1.68 bits per heavy atom. The SMILES string of the molecule is O=C(Nc1ccccc1)c1nnc2n1C[C@H]1CN(C(=O)N3CCCC3)C[C@@H]1C2. The molecule has 0 spiro atoms. The maximum Gasteiger partial charge on any atom is 0.320 e. The summed E-state index contributed by atoms with van der Waals surface area (Å²) in [6.45, 7) is 3.96. The molecule has 0 saturated carbocycles. The first kappa shape index (κ1) is 17.2. The van der Waals surface area contributed by atoms with Crippen LogP contribution in [0.15, 0.2) is 30.3 Å². The van der Waals surface area contributed by atoms with E-state index < -0.39 is 0 Å². The highest BCUT2D eigenvalue weighted by molar-refractivity contribution is 6.01. The maximum atomic E-state index is 12.7. The number of aromatic nitrogens is 3. The van der Waals surface area contributed by atoms with Crippen molar-refractivity contribution in [3.05, 3.63) is 42.0 Å². The standard InChI is InChI=1S/C20H24N6O2/c27-19(21-16-6-2-1-3-7-16)18-23-22-17-10-14-11-25(12-15(14)13-26(17)18)20(28)24-8-4-5-9-24/h1-3,6-7,14-15H,4-5,8-13H2,(H,21,27)/t14-,15+/m0/s1. The lowest BCUT2D eigenvalue weighted by Gasteiger charge is -2.25. The van der Waals surface area contributed by atoms with Crippen molar-refractivity contribution in [1.82, 2.24) is 24.6 Å². The molecule has 28 heavy (non-hydrogen) atoms. The predicted molar refractivity (Wildman–Crippen MR) is 103 cm³/mol. The molecule has 5 rings (SSSR count). The van der Waals surface area contributed by atoms with E-state index in [2.05, 4.69) is 15.5 Å². The van der Waals surface area contributed by atoms with Crippen LogP contribution in [0.4, 0.5) is 10.5 Å². The fourth-order valence-corrected chi connectivity index (χ4v) is 4.67. The number of likely N-dealkylation sites (tertiary alicyclic amines) is 2. The zero-order valence-electron chi connectivity index (χ0n) is 15.8. The van der Waals surface area contributed by atoms with Crippen molar-refractivity contribution in [3.63, 3.8) is 0 Å². The Kier molecular flexibility index (Phi) is 4.26. The third-order valence-electron chi connectivity index (χ3n) is 6.15. The van der Waals surface area contributed by atoms with Crippen LogP contribution >= 0.6 is 0 Å². The second-order valence-electron chi connectivity index (χ2n) is 7.98. The summed E-state index contributed by atoms with van der Waals surface area (Å²) in [5.74, 6) is 1.69. The average molecular weight is 380 g/mol. The first-order valence-corrected chi connectivity index (χ1v) is 10.0. The molecule has 1 aromatic heterocycles. The van der Waals surface area contributed by atoms with Crippen molar-refractivity contribution in [1.29, 1.82) is 0 Å². The van der Waals surface area contributed by atoms with E-state index in [-0.39, 0.29) is 11.9 Å². The topological polar surface area (TPSA) is 83.4 Å². The van der Waals surface area contributed by atoms with Crippen LogP contribution in [-0.4, -0.2) is 62.7 Å². The van der Waals surface area contributed by atoms with Crippen LogP contribution < -0.4 is 5.32 Å². The molecule has 4 heterocycles. The van der Waals surface area contributed by atoms with Gasteiger partial charge in [0.2, 0.25) is 5.82 Å². The minimum atomic E-state index is -0.244. The molecule has 8 nitrogen and oxygen atoms in total. The molecule has 0 radical (unpaired) electrons. The summed E-state index contributed by atoms with van der Waals surface area (Å²) in [6.07, 6.45) is 2.97. The fourth-order valence-electron chi connectivity index (χ4n) is 4.67. The van der Waals surface area contributed by atoms with Crippen LogP contribution in [0.1, 0.15) is 29.3 Å². The van der Waals surface area contributed by atoms with Gasteiger partial charge in [0.05, 0.1) is 0 Å². The van der Waals surface area contributed by atoms with Gasteiger partial charge in [-0.05, 0) is 36.8 Å². The summed E-state index contributed by atoms with van der Waals surface area (Å²) in [4.78, 5) is 29.4. The summed E-state index contributed by atoms with van der Waals surface area (Å²) >= 11 is 0. The van der Waals surface area contributed by atoms with Crippen LogP contribution in [-0.2, 0) is 13.0 Å². The quantitative estimate of drug-likeness (QED) is 0.862. The van der Waals surface area contributed by atoms with E-state index in [1.807, 2.05) is 44.7 Å². The number of fused-ring (bicyclic) bond motifs is 2. The van der Waals surface area contributed by atoms with Gasteiger partial charge in [0, 0.05) is 44.8 Å². The van der Waals surface area contributed by atoms with Gasteiger partial charge in [-0.15, -0.1) is 10.2 Å². The van der Waals surface area contributed by atoms with E-state index in [4.69, 9.17) is 0 Å². The number of rotatable bonds is 2. The lowest BCUT2D eigenvalue weighted by Crippen LogP contribution is -2.40. The van der Waals surface area contributed by atoms with E-state index >= 15 is 0 Å². The van der Waals surface area contributed by atoms with Gasteiger partial charge in [-0.3, -0.25) is 4.79 Å². The van der Waals surface area contributed by atoms with Crippen molar-refractivity contribution >= 4 is 17.6 Å². The van der Waals surface area contributed by atoms with E-state index in [0.29, 0.717) is 24.2 Å². The van der Waals surface area contributed by atoms with Gasteiger partial charge >= 0.3 is 6.03 Å². The molecular weight excluding hydrogens is 356 g/mol. The molecule has 2 fully saturated rings.